The zero-order valence-electron chi connectivity index (χ0n) is 26.9. The second kappa shape index (κ2) is 14.8. The molecule has 4 heterocycles. The minimum atomic E-state index is -0.278. The van der Waals surface area contributed by atoms with Gasteiger partial charge in [0.15, 0.2) is 0 Å². The summed E-state index contributed by atoms with van der Waals surface area (Å²) in [5.74, 6) is 1.23. The molecule has 6 rings (SSSR count). The fraction of sp³-hybridized carbons (Fsp3) is 0.531. The molecule has 248 valence electrons. The number of nitrogens with one attached hydrogen (secondary N) is 1. The standard InChI is InChI=1S/C32H41N11O4/c1-21-16-41(17-22(2)46-21)27-6-8-28(9-7-27)43-19-29(31(38-43)45-11-10-44)37-32-34-14-26(15-35-32)24-4-5-25(13-33)30(12-24)47-23(3)18-42-20-36-39-40-42/h4-5,12,14-15,19-23,27-28,44H,6-11,16-18H2,1-3H3,(H,34,35,37)/t21-,22+,23?,27?,28?. The number of nitrogens with zero attached hydrogens (tertiary/aromatic N) is 10. The Balaban J connectivity index is 1.12. The molecule has 15 nitrogen and oxygen atoms in total. The van der Waals surface area contributed by atoms with Crippen molar-refractivity contribution >= 4 is 11.6 Å². The average molecular weight is 644 g/mol. The van der Waals surface area contributed by atoms with Crippen molar-refractivity contribution in [2.75, 3.05) is 31.6 Å². The van der Waals surface area contributed by atoms with Crippen molar-refractivity contribution in [3.8, 4) is 28.8 Å². The molecule has 1 aliphatic heterocycles. The van der Waals surface area contributed by atoms with Crippen LogP contribution in [-0.4, -0.2) is 101 Å². The molecule has 3 aromatic heterocycles. The Morgan fingerprint density at radius 3 is 2.51 bits per heavy atom. The topological polar surface area (TPSA) is 174 Å². The summed E-state index contributed by atoms with van der Waals surface area (Å²) in [5, 5.41) is 38.2. The van der Waals surface area contributed by atoms with Crippen LogP contribution in [0.3, 0.4) is 0 Å². The molecule has 1 aromatic carbocycles. The molecule has 1 saturated heterocycles. The molecule has 3 atom stereocenters. The first-order valence-corrected chi connectivity index (χ1v) is 16.1. The molecule has 2 N–H and O–H groups in total. The summed E-state index contributed by atoms with van der Waals surface area (Å²) in [7, 11) is 0. The summed E-state index contributed by atoms with van der Waals surface area (Å²) in [4.78, 5) is 11.7. The van der Waals surface area contributed by atoms with E-state index >= 15 is 0 Å². The number of aliphatic hydroxyl groups is 1. The van der Waals surface area contributed by atoms with E-state index in [0.717, 1.165) is 49.9 Å². The molecular formula is C32H41N11O4. The van der Waals surface area contributed by atoms with Gasteiger partial charge in [-0.05, 0) is 74.6 Å². The Kier molecular flexibility index (Phi) is 10.2. The minimum absolute atomic E-state index is 0.119. The Labute approximate surface area is 273 Å². The van der Waals surface area contributed by atoms with Gasteiger partial charge in [-0.25, -0.2) is 14.6 Å². The predicted octanol–water partition coefficient (Wildman–Crippen LogP) is 3.37. The molecule has 0 amide bonds. The third kappa shape index (κ3) is 8.02. The van der Waals surface area contributed by atoms with Crippen LogP contribution in [0.1, 0.15) is 58.1 Å². The molecule has 0 radical (unpaired) electrons. The fourth-order valence-corrected chi connectivity index (χ4v) is 6.44. The highest BCUT2D eigenvalue weighted by Crippen LogP contribution is 2.35. The first kappa shape index (κ1) is 32.3. The highest BCUT2D eigenvalue weighted by molar-refractivity contribution is 5.67. The van der Waals surface area contributed by atoms with E-state index < -0.39 is 0 Å². The van der Waals surface area contributed by atoms with Gasteiger partial charge in [0.25, 0.3) is 5.88 Å². The molecule has 15 heteroatoms. The van der Waals surface area contributed by atoms with E-state index in [2.05, 4.69) is 55.6 Å². The van der Waals surface area contributed by atoms with Gasteiger partial charge in [0.2, 0.25) is 5.95 Å². The van der Waals surface area contributed by atoms with Crippen molar-refractivity contribution in [3.05, 3.63) is 48.7 Å². The third-order valence-corrected chi connectivity index (χ3v) is 8.53. The molecule has 1 aliphatic carbocycles. The van der Waals surface area contributed by atoms with Crippen LogP contribution >= 0.6 is 0 Å². The van der Waals surface area contributed by atoms with Gasteiger partial charge >= 0.3 is 0 Å². The zero-order valence-corrected chi connectivity index (χ0v) is 26.9. The van der Waals surface area contributed by atoms with Gasteiger partial charge in [0.1, 0.15) is 36.5 Å². The van der Waals surface area contributed by atoms with E-state index in [0.29, 0.717) is 41.4 Å². The van der Waals surface area contributed by atoms with E-state index in [1.165, 1.54) is 6.33 Å². The van der Waals surface area contributed by atoms with Crippen LogP contribution < -0.4 is 14.8 Å². The molecule has 1 saturated carbocycles. The Hall–Kier alpha value is -4.65. The maximum absolute atomic E-state index is 9.63. The molecule has 2 aliphatic rings. The molecule has 0 bridgehead atoms. The van der Waals surface area contributed by atoms with Gasteiger partial charge in [0.05, 0.1) is 43.2 Å². The van der Waals surface area contributed by atoms with Crippen molar-refractivity contribution < 1.29 is 19.3 Å². The average Bonchev–Trinajstić information content (AvgIpc) is 3.73. The van der Waals surface area contributed by atoms with Crippen molar-refractivity contribution in [1.29, 1.82) is 5.26 Å². The number of ether oxygens (including phenoxy) is 3. The lowest BCUT2D eigenvalue weighted by Crippen LogP contribution is -2.51. The summed E-state index contributed by atoms with van der Waals surface area (Å²) < 4.78 is 21.3. The Morgan fingerprint density at radius 1 is 1.09 bits per heavy atom. The number of aromatic nitrogens is 8. The quantitative estimate of drug-likeness (QED) is 0.230. The van der Waals surface area contributed by atoms with E-state index in [-0.39, 0.29) is 37.6 Å². The van der Waals surface area contributed by atoms with Crippen LogP contribution in [0.15, 0.2) is 43.1 Å². The lowest BCUT2D eigenvalue weighted by molar-refractivity contribution is -0.0852. The fourth-order valence-electron chi connectivity index (χ4n) is 6.44. The molecule has 0 spiro atoms. The summed E-state index contributed by atoms with van der Waals surface area (Å²) in [6, 6.07) is 8.36. The van der Waals surface area contributed by atoms with E-state index in [9.17, 15) is 10.4 Å². The lowest BCUT2D eigenvalue weighted by Gasteiger charge is -2.42. The highest BCUT2D eigenvalue weighted by atomic mass is 16.5. The van der Waals surface area contributed by atoms with Crippen molar-refractivity contribution in [3.63, 3.8) is 0 Å². The minimum Gasteiger partial charge on any atom is -0.487 e. The van der Waals surface area contributed by atoms with Crippen LogP contribution in [0, 0.1) is 11.3 Å². The number of nitriles is 1. The Bertz CT molecular complexity index is 1620. The van der Waals surface area contributed by atoms with Crippen LogP contribution in [0.25, 0.3) is 11.1 Å². The Morgan fingerprint density at radius 2 is 1.83 bits per heavy atom. The SMILES string of the molecule is CC(Cn1cnnn1)Oc1cc(-c2cnc(Nc3cn(C4CCC(N5C[C@@H](C)O[C@@H](C)C5)CC4)nc3OCCO)nc2)ccc1C#N. The predicted molar refractivity (Wildman–Crippen MR) is 171 cm³/mol. The van der Waals surface area contributed by atoms with Crippen LogP contribution in [0.2, 0.25) is 0 Å². The monoisotopic (exact) mass is 643 g/mol. The summed E-state index contributed by atoms with van der Waals surface area (Å²) in [5.41, 5.74) is 2.61. The number of benzene rings is 1. The van der Waals surface area contributed by atoms with Crippen LogP contribution in [0.5, 0.6) is 11.6 Å². The summed E-state index contributed by atoms with van der Waals surface area (Å²) in [6.07, 6.45) is 11.3. The van der Waals surface area contributed by atoms with Gasteiger partial charge in [-0.3, -0.25) is 9.58 Å². The van der Waals surface area contributed by atoms with Crippen molar-refractivity contribution in [2.45, 2.75) is 83.4 Å². The van der Waals surface area contributed by atoms with Gasteiger partial charge in [0, 0.05) is 37.1 Å². The van der Waals surface area contributed by atoms with Crippen LogP contribution in [0.4, 0.5) is 11.6 Å². The normalized spacial score (nSPS) is 22.4. The second-order valence-electron chi connectivity index (χ2n) is 12.3. The maximum Gasteiger partial charge on any atom is 0.257 e. The first-order chi connectivity index (χ1) is 22.9. The van der Waals surface area contributed by atoms with E-state index in [1.54, 1.807) is 29.2 Å². The van der Waals surface area contributed by atoms with E-state index in [4.69, 9.17) is 19.3 Å². The van der Waals surface area contributed by atoms with Gasteiger partial charge in [-0.2, -0.15) is 5.26 Å². The summed E-state index contributed by atoms with van der Waals surface area (Å²) >= 11 is 0. The maximum atomic E-state index is 9.63. The number of rotatable bonds is 12. The number of hydrogen-bond donors (Lipinski definition) is 2. The highest BCUT2D eigenvalue weighted by Gasteiger charge is 2.32. The lowest BCUT2D eigenvalue weighted by atomic mass is 9.89. The number of morpholine rings is 1. The van der Waals surface area contributed by atoms with Gasteiger partial charge < -0.3 is 24.6 Å². The summed E-state index contributed by atoms with van der Waals surface area (Å²) in [6.45, 7) is 8.59. The third-order valence-electron chi connectivity index (χ3n) is 8.53. The molecule has 47 heavy (non-hydrogen) atoms. The van der Waals surface area contributed by atoms with E-state index in [1.807, 2.05) is 23.9 Å². The molecule has 1 unspecified atom stereocenters. The smallest absolute Gasteiger partial charge is 0.257 e. The van der Waals surface area contributed by atoms with Crippen LogP contribution in [-0.2, 0) is 11.3 Å². The zero-order chi connectivity index (χ0) is 32.8. The van der Waals surface area contributed by atoms with Gasteiger partial charge in [-0.15, -0.1) is 10.2 Å². The largest absolute Gasteiger partial charge is 0.487 e. The number of tetrazole rings is 1. The van der Waals surface area contributed by atoms with Crippen molar-refractivity contribution in [1.82, 2.24) is 44.9 Å². The molecular weight excluding hydrogens is 602 g/mol. The number of hydrogen-bond acceptors (Lipinski definition) is 13. The van der Waals surface area contributed by atoms with Gasteiger partial charge in [-0.1, -0.05) is 6.07 Å². The molecule has 4 aromatic rings. The van der Waals surface area contributed by atoms with Crippen molar-refractivity contribution in [2.24, 2.45) is 0 Å². The number of aliphatic hydroxyl groups excluding tert-OH is 1. The number of anilines is 2. The second-order valence-corrected chi connectivity index (χ2v) is 12.3. The first-order valence-electron chi connectivity index (χ1n) is 16.1. The molecule has 2 fully saturated rings.